The van der Waals surface area contributed by atoms with E-state index in [-0.39, 0.29) is 0 Å². The molecule has 0 aromatic rings. The number of carbonyl (C=O) groups excluding carboxylic acids is 2. The van der Waals surface area contributed by atoms with E-state index < -0.39 is 31.9 Å². The lowest BCUT2D eigenvalue weighted by Crippen LogP contribution is -2.34. The molecule has 0 atom stereocenters. The highest BCUT2D eigenvalue weighted by Crippen LogP contribution is 2.31. The highest BCUT2D eigenvalue weighted by molar-refractivity contribution is 7.51. The monoisotopic (exact) mass is 225 g/mol. The Kier molecular flexibility index (Phi) is 4.76. The number of amides is 1. The van der Waals surface area contributed by atoms with Gasteiger partial charge in [0.15, 0.2) is 0 Å². The molecule has 0 saturated carbocycles. The maximum absolute atomic E-state index is 10.8. The summed E-state index contributed by atoms with van der Waals surface area (Å²) in [4.78, 5) is 38.3. The zero-order valence-corrected chi connectivity index (χ0v) is 8.65. The molecule has 0 unspecified atom stereocenters. The number of esters is 1. The molecular formula is C6H12NO6P. The lowest BCUT2D eigenvalue weighted by molar-refractivity contribution is -0.157. The number of nitrogens with one attached hydrogen (secondary N) is 1. The van der Waals surface area contributed by atoms with Crippen LogP contribution in [0.15, 0.2) is 0 Å². The molecule has 82 valence electrons. The van der Waals surface area contributed by atoms with Crippen LogP contribution < -0.4 is 5.32 Å². The van der Waals surface area contributed by atoms with Crippen LogP contribution in [0, 0.1) is 0 Å². The van der Waals surface area contributed by atoms with Crippen molar-refractivity contribution in [2.75, 3.05) is 6.29 Å². The van der Waals surface area contributed by atoms with Crippen LogP contribution in [0.25, 0.3) is 0 Å². The highest BCUT2D eigenvalue weighted by atomic mass is 31.2. The molecule has 0 aliphatic carbocycles. The van der Waals surface area contributed by atoms with Crippen molar-refractivity contribution in [1.29, 1.82) is 0 Å². The van der Waals surface area contributed by atoms with Gasteiger partial charge in [-0.2, -0.15) is 0 Å². The Hall–Kier alpha value is -0.910. The van der Waals surface area contributed by atoms with Crippen molar-refractivity contribution in [3.63, 3.8) is 0 Å². The summed E-state index contributed by atoms with van der Waals surface area (Å²) in [6.45, 7) is 3.10. The number of carbonyl (C=O) groups is 2. The fourth-order valence-electron chi connectivity index (χ4n) is 0.515. The third kappa shape index (κ3) is 6.59. The molecule has 0 heterocycles. The largest absolute Gasteiger partial charge is 0.456 e. The average Bonchev–Trinajstić information content (AvgIpc) is 1.97. The first-order chi connectivity index (χ1) is 6.22. The summed E-state index contributed by atoms with van der Waals surface area (Å²) in [6, 6.07) is 0. The molecule has 0 aromatic carbocycles. The van der Waals surface area contributed by atoms with Crippen LogP contribution in [0.2, 0.25) is 0 Å². The molecule has 0 bridgehead atoms. The summed E-state index contributed by atoms with van der Waals surface area (Å²) in [5.74, 6) is -2.32. The highest BCUT2D eigenvalue weighted by Gasteiger charge is 2.20. The van der Waals surface area contributed by atoms with Gasteiger partial charge in [-0.05, 0) is 13.8 Å². The molecule has 7 nitrogen and oxygen atoms in total. The van der Waals surface area contributed by atoms with E-state index in [4.69, 9.17) is 9.79 Å². The number of rotatable bonds is 3. The molecule has 0 spiro atoms. The topological polar surface area (TPSA) is 113 Å². The Morgan fingerprint density at radius 1 is 1.43 bits per heavy atom. The van der Waals surface area contributed by atoms with E-state index in [1.165, 1.54) is 0 Å². The Morgan fingerprint density at radius 2 is 1.93 bits per heavy atom. The standard InChI is InChI=1S/C6H12NO6P/c1-4(2)13-6(9)5(8)7-3-14(10,11)12/h4H,3H2,1-2H3,(H,7,8)(H2,10,11,12). The fraction of sp³-hybridized carbons (Fsp3) is 0.667. The molecule has 0 fully saturated rings. The summed E-state index contributed by atoms with van der Waals surface area (Å²) in [5.41, 5.74) is 0. The van der Waals surface area contributed by atoms with Crippen molar-refractivity contribution in [3.8, 4) is 0 Å². The van der Waals surface area contributed by atoms with E-state index in [1.54, 1.807) is 19.2 Å². The summed E-state index contributed by atoms with van der Waals surface area (Å²) >= 11 is 0. The Labute approximate surface area is 80.6 Å². The zero-order valence-electron chi connectivity index (χ0n) is 7.76. The SMILES string of the molecule is CC(C)OC(=O)C(=O)NCP(=O)(O)O. The molecule has 14 heavy (non-hydrogen) atoms. The lowest BCUT2D eigenvalue weighted by Gasteiger charge is -2.08. The quantitative estimate of drug-likeness (QED) is 0.329. The van der Waals surface area contributed by atoms with Gasteiger partial charge >= 0.3 is 19.5 Å². The van der Waals surface area contributed by atoms with Gasteiger partial charge in [0, 0.05) is 0 Å². The molecule has 0 aliphatic heterocycles. The summed E-state index contributed by atoms with van der Waals surface area (Å²) in [6.07, 6.45) is -1.33. The van der Waals surface area contributed by atoms with E-state index in [0.717, 1.165) is 0 Å². The molecule has 0 saturated heterocycles. The Morgan fingerprint density at radius 3 is 2.29 bits per heavy atom. The van der Waals surface area contributed by atoms with Crippen LogP contribution in [-0.4, -0.2) is 34.1 Å². The Balaban J connectivity index is 3.98. The van der Waals surface area contributed by atoms with Gasteiger partial charge in [-0.15, -0.1) is 0 Å². The molecule has 0 aromatic heterocycles. The molecule has 0 aliphatic rings. The summed E-state index contributed by atoms with van der Waals surface area (Å²) in [5, 5.41) is 1.75. The summed E-state index contributed by atoms with van der Waals surface area (Å²) < 4.78 is 14.8. The number of hydrogen-bond acceptors (Lipinski definition) is 4. The van der Waals surface area contributed by atoms with Gasteiger partial charge in [-0.3, -0.25) is 9.36 Å². The van der Waals surface area contributed by atoms with Crippen LogP contribution >= 0.6 is 7.60 Å². The van der Waals surface area contributed by atoms with Gasteiger partial charge in [0.2, 0.25) is 0 Å². The predicted molar refractivity (Wildman–Crippen MR) is 46.3 cm³/mol. The zero-order chi connectivity index (χ0) is 11.4. The van der Waals surface area contributed by atoms with E-state index >= 15 is 0 Å². The van der Waals surface area contributed by atoms with Crippen molar-refractivity contribution in [2.24, 2.45) is 0 Å². The maximum Gasteiger partial charge on any atom is 0.397 e. The second-order valence-electron chi connectivity index (χ2n) is 2.78. The lowest BCUT2D eigenvalue weighted by atomic mass is 10.5. The third-order valence-corrected chi connectivity index (χ3v) is 1.54. The fourth-order valence-corrected chi connectivity index (χ4v) is 0.864. The van der Waals surface area contributed by atoms with Gasteiger partial charge in [-0.25, -0.2) is 4.79 Å². The molecule has 8 heteroatoms. The van der Waals surface area contributed by atoms with Crippen LogP contribution in [-0.2, 0) is 18.9 Å². The Bertz CT molecular complexity index is 269. The van der Waals surface area contributed by atoms with Gasteiger partial charge in [0.05, 0.1) is 6.10 Å². The van der Waals surface area contributed by atoms with Crippen molar-refractivity contribution >= 4 is 19.5 Å². The number of hydrogen-bond donors (Lipinski definition) is 3. The minimum atomic E-state index is -4.33. The van der Waals surface area contributed by atoms with Crippen LogP contribution in [0.1, 0.15) is 13.8 Å². The van der Waals surface area contributed by atoms with Crippen molar-refractivity contribution < 1.29 is 28.7 Å². The van der Waals surface area contributed by atoms with E-state index in [1.807, 2.05) is 0 Å². The van der Waals surface area contributed by atoms with Gasteiger partial charge in [0.25, 0.3) is 0 Å². The molecular weight excluding hydrogens is 213 g/mol. The van der Waals surface area contributed by atoms with Crippen molar-refractivity contribution in [3.05, 3.63) is 0 Å². The second kappa shape index (κ2) is 5.09. The van der Waals surface area contributed by atoms with Crippen molar-refractivity contribution in [1.82, 2.24) is 5.32 Å². The van der Waals surface area contributed by atoms with E-state index in [2.05, 4.69) is 4.74 Å². The van der Waals surface area contributed by atoms with Crippen LogP contribution in [0.3, 0.4) is 0 Å². The minimum Gasteiger partial charge on any atom is -0.456 e. The molecule has 3 N–H and O–H groups in total. The molecule has 0 rings (SSSR count). The van der Waals surface area contributed by atoms with Crippen LogP contribution in [0.5, 0.6) is 0 Å². The maximum atomic E-state index is 10.8. The van der Waals surface area contributed by atoms with E-state index in [0.29, 0.717) is 0 Å². The third-order valence-electron chi connectivity index (χ3n) is 0.974. The van der Waals surface area contributed by atoms with E-state index in [9.17, 15) is 14.2 Å². The van der Waals surface area contributed by atoms with Gasteiger partial charge in [0.1, 0.15) is 6.29 Å². The second-order valence-corrected chi connectivity index (χ2v) is 4.43. The number of ether oxygens (including phenoxy) is 1. The minimum absolute atomic E-state index is 0.455. The average molecular weight is 225 g/mol. The summed E-state index contributed by atoms with van der Waals surface area (Å²) in [7, 11) is -4.33. The van der Waals surface area contributed by atoms with Gasteiger partial charge in [-0.1, -0.05) is 0 Å². The first-order valence-electron chi connectivity index (χ1n) is 3.76. The van der Waals surface area contributed by atoms with Crippen LogP contribution in [0.4, 0.5) is 0 Å². The normalized spacial score (nSPS) is 11.2. The smallest absolute Gasteiger partial charge is 0.397 e. The first-order valence-corrected chi connectivity index (χ1v) is 5.55. The van der Waals surface area contributed by atoms with Gasteiger partial charge < -0.3 is 19.8 Å². The molecule has 1 amide bonds. The van der Waals surface area contributed by atoms with Crippen molar-refractivity contribution in [2.45, 2.75) is 20.0 Å². The predicted octanol–water partition coefficient (Wildman–Crippen LogP) is -0.811. The molecule has 0 radical (unpaired) electrons. The first kappa shape index (κ1) is 13.1.